The van der Waals surface area contributed by atoms with Gasteiger partial charge in [0.2, 0.25) is 5.91 Å². The average molecular weight is 596 g/mol. The first-order valence-electron chi connectivity index (χ1n) is 14.3. The fourth-order valence-electron chi connectivity index (χ4n) is 5.22. The highest BCUT2D eigenvalue weighted by Gasteiger charge is 2.22. The van der Waals surface area contributed by atoms with Crippen molar-refractivity contribution in [3.8, 4) is 28.7 Å². The van der Waals surface area contributed by atoms with Crippen LogP contribution in [0.2, 0.25) is 5.02 Å². The summed E-state index contributed by atoms with van der Waals surface area (Å²) >= 11 is 6.31. The van der Waals surface area contributed by atoms with Crippen molar-refractivity contribution in [1.29, 1.82) is 0 Å². The molecule has 0 aliphatic carbocycles. The summed E-state index contributed by atoms with van der Waals surface area (Å²) in [5, 5.41) is 3.51. The number of hydrogen-bond donors (Lipinski definition) is 1. The quantitative estimate of drug-likeness (QED) is 0.385. The van der Waals surface area contributed by atoms with Gasteiger partial charge >= 0.3 is 0 Å². The SMILES string of the molecule is COc1cc(N2CCOCC2)c(OC)cc1CN1CCCCCOc2ccccc2Oc2ccc(Cl)cc2NC(=O)C1. The van der Waals surface area contributed by atoms with E-state index in [2.05, 4.69) is 15.1 Å². The van der Waals surface area contributed by atoms with Crippen LogP contribution in [0.4, 0.5) is 11.4 Å². The van der Waals surface area contributed by atoms with Crippen molar-refractivity contribution >= 4 is 28.9 Å². The van der Waals surface area contributed by atoms with Gasteiger partial charge in [0.1, 0.15) is 11.5 Å². The van der Waals surface area contributed by atoms with Gasteiger partial charge in [0.05, 0.1) is 52.0 Å². The Morgan fingerprint density at radius 2 is 1.64 bits per heavy atom. The number of para-hydroxylation sites is 2. The van der Waals surface area contributed by atoms with Crippen molar-refractivity contribution in [2.75, 3.05) is 70.4 Å². The van der Waals surface area contributed by atoms with Gasteiger partial charge in [-0.25, -0.2) is 0 Å². The maximum atomic E-state index is 13.4. The smallest absolute Gasteiger partial charge is 0.238 e. The van der Waals surface area contributed by atoms with Crippen LogP contribution in [0, 0.1) is 0 Å². The van der Waals surface area contributed by atoms with E-state index in [0.717, 1.165) is 61.6 Å². The minimum absolute atomic E-state index is 0.169. The van der Waals surface area contributed by atoms with Gasteiger partial charge in [0.15, 0.2) is 17.2 Å². The number of methoxy groups -OCH3 is 2. The average Bonchev–Trinajstić information content (AvgIpc) is 3.01. The summed E-state index contributed by atoms with van der Waals surface area (Å²) in [5.74, 6) is 3.07. The zero-order valence-electron chi connectivity index (χ0n) is 24.2. The molecule has 0 radical (unpaired) electrons. The molecule has 3 aromatic rings. The topological polar surface area (TPSA) is 81.7 Å². The summed E-state index contributed by atoms with van der Waals surface area (Å²) in [6, 6.07) is 16.8. The first-order valence-corrected chi connectivity index (χ1v) is 14.7. The van der Waals surface area contributed by atoms with Gasteiger partial charge in [-0.3, -0.25) is 9.69 Å². The van der Waals surface area contributed by atoms with Gasteiger partial charge in [-0.15, -0.1) is 0 Å². The molecule has 1 N–H and O–H groups in total. The predicted octanol–water partition coefficient (Wildman–Crippen LogP) is 5.99. The number of morpholine rings is 1. The van der Waals surface area contributed by atoms with E-state index in [1.807, 2.05) is 36.4 Å². The number of amides is 1. The zero-order valence-corrected chi connectivity index (χ0v) is 25.0. The Kier molecular flexibility index (Phi) is 10.3. The normalized spacial score (nSPS) is 16.9. The van der Waals surface area contributed by atoms with Crippen LogP contribution in [-0.2, 0) is 16.1 Å². The summed E-state index contributed by atoms with van der Waals surface area (Å²) in [5.41, 5.74) is 2.42. The molecule has 0 aromatic heterocycles. The first kappa shape index (κ1) is 29.8. The molecule has 0 atom stereocenters. The van der Waals surface area contributed by atoms with Crippen LogP contribution in [0.5, 0.6) is 28.7 Å². The third-order valence-electron chi connectivity index (χ3n) is 7.36. The third kappa shape index (κ3) is 7.59. The van der Waals surface area contributed by atoms with Gasteiger partial charge < -0.3 is 33.9 Å². The van der Waals surface area contributed by atoms with Crippen molar-refractivity contribution in [2.45, 2.75) is 25.8 Å². The van der Waals surface area contributed by atoms with E-state index in [-0.39, 0.29) is 12.5 Å². The maximum Gasteiger partial charge on any atom is 0.238 e. The van der Waals surface area contributed by atoms with Crippen LogP contribution in [0.3, 0.4) is 0 Å². The van der Waals surface area contributed by atoms with Gasteiger partial charge in [-0.2, -0.15) is 0 Å². The Bertz CT molecular complexity index is 1360. The minimum atomic E-state index is -0.169. The van der Waals surface area contributed by atoms with Crippen molar-refractivity contribution in [3.63, 3.8) is 0 Å². The standard InChI is InChI=1S/C32H38ClN3O6/c1-38-30-20-26(36-13-16-40-17-14-36)31(39-2)18-23(30)21-35-12-6-3-7-15-41-28-8-4-5-9-29(28)42-27-11-10-24(33)19-25(27)34-32(37)22-35/h4-5,8-11,18-20H,3,6-7,12-17,21-22H2,1-2H3,(H,34,37). The number of carbonyl (C=O) groups excluding carboxylic acids is 1. The number of ether oxygens (including phenoxy) is 5. The van der Waals surface area contributed by atoms with E-state index < -0.39 is 0 Å². The maximum absolute atomic E-state index is 13.4. The molecule has 0 unspecified atom stereocenters. The zero-order chi connectivity index (χ0) is 29.3. The highest BCUT2D eigenvalue weighted by molar-refractivity contribution is 6.31. The van der Waals surface area contributed by atoms with Crippen LogP contribution < -0.4 is 29.2 Å². The molecular formula is C32H38ClN3O6. The molecule has 5 rings (SSSR count). The van der Waals surface area contributed by atoms with Crippen LogP contribution in [0.1, 0.15) is 24.8 Å². The van der Waals surface area contributed by atoms with Crippen LogP contribution >= 0.6 is 11.6 Å². The third-order valence-corrected chi connectivity index (χ3v) is 7.59. The molecule has 224 valence electrons. The lowest BCUT2D eigenvalue weighted by Crippen LogP contribution is -2.36. The van der Waals surface area contributed by atoms with E-state index in [1.54, 1.807) is 32.4 Å². The van der Waals surface area contributed by atoms with Crippen LogP contribution in [-0.4, -0.2) is 71.0 Å². The number of anilines is 2. The monoisotopic (exact) mass is 595 g/mol. The molecule has 3 aromatic carbocycles. The highest BCUT2D eigenvalue weighted by Crippen LogP contribution is 2.38. The Morgan fingerprint density at radius 3 is 2.43 bits per heavy atom. The molecule has 0 spiro atoms. The van der Waals surface area contributed by atoms with Gasteiger partial charge in [0, 0.05) is 36.3 Å². The molecule has 0 saturated carbocycles. The summed E-state index contributed by atoms with van der Waals surface area (Å²) in [7, 11) is 3.35. The van der Waals surface area contributed by atoms with E-state index >= 15 is 0 Å². The summed E-state index contributed by atoms with van der Waals surface area (Å²) < 4.78 is 29.4. The number of nitrogens with one attached hydrogen (secondary N) is 1. The summed E-state index contributed by atoms with van der Waals surface area (Å²) in [4.78, 5) is 17.8. The highest BCUT2D eigenvalue weighted by atomic mass is 35.5. The molecule has 1 saturated heterocycles. The number of fused-ring (bicyclic) bond motifs is 2. The van der Waals surface area contributed by atoms with Crippen molar-refractivity contribution in [2.24, 2.45) is 0 Å². The van der Waals surface area contributed by atoms with E-state index in [9.17, 15) is 4.79 Å². The largest absolute Gasteiger partial charge is 0.496 e. The molecule has 2 aliphatic rings. The van der Waals surface area contributed by atoms with Crippen molar-refractivity contribution in [1.82, 2.24) is 4.90 Å². The first-order chi connectivity index (χ1) is 20.5. The molecule has 42 heavy (non-hydrogen) atoms. The second kappa shape index (κ2) is 14.5. The van der Waals surface area contributed by atoms with Crippen LogP contribution in [0.25, 0.3) is 0 Å². The number of nitrogens with zero attached hydrogens (tertiary/aromatic N) is 2. The Balaban J connectivity index is 1.39. The second-order valence-electron chi connectivity index (χ2n) is 10.3. The van der Waals surface area contributed by atoms with Gasteiger partial charge in [-0.05, 0) is 62.2 Å². The Hall–Kier alpha value is -3.66. The fourth-order valence-corrected chi connectivity index (χ4v) is 5.40. The number of halogens is 1. The van der Waals surface area contributed by atoms with Crippen molar-refractivity contribution in [3.05, 3.63) is 65.2 Å². The lowest BCUT2D eigenvalue weighted by atomic mass is 10.1. The lowest BCUT2D eigenvalue weighted by Gasteiger charge is -2.31. The molecular weight excluding hydrogens is 558 g/mol. The molecule has 9 nitrogen and oxygen atoms in total. The minimum Gasteiger partial charge on any atom is -0.496 e. The van der Waals surface area contributed by atoms with Gasteiger partial charge in [0.25, 0.3) is 0 Å². The molecule has 0 bridgehead atoms. The second-order valence-corrected chi connectivity index (χ2v) is 10.7. The molecule has 10 heteroatoms. The Labute approximate surface area is 252 Å². The van der Waals surface area contributed by atoms with Crippen LogP contribution in [0.15, 0.2) is 54.6 Å². The van der Waals surface area contributed by atoms with Gasteiger partial charge in [-0.1, -0.05) is 23.7 Å². The molecule has 1 amide bonds. The Morgan fingerprint density at radius 1 is 0.857 bits per heavy atom. The van der Waals surface area contributed by atoms with E-state index in [1.165, 1.54) is 0 Å². The molecule has 2 aliphatic heterocycles. The van der Waals surface area contributed by atoms with E-state index in [0.29, 0.717) is 54.3 Å². The van der Waals surface area contributed by atoms with Crippen molar-refractivity contribution < 1.29 is 28.5 Å². The summed E-state index contributed by atoms with van der Waals surface area (Å²) in [6.07, 6.45) is 2.74. The summed E-state index contributed by atoms with van der Waals surface area (Å²) in [6.45, 7) is 4.90. The molecule has 2 heterocycles. The predicted molar refractivity (Wildman–Crippen MR) is 164 cm³/mol. The number of benzene rings is 3. The number of rotatable bonds is 5. The lowest BCUT2D eigenvalue weighted by molar-refractivity contribution is -0.117. The number of carbonyl (C=O) groups is 1. The van der Waals surface area contributed by atoms with E-state index in [4.69, 9.17) is 35.3 Å². The number of hydrogen-bond acceptors (Lipinski definition) is 8. The fraction of sp³-hybridized carbons (Fsp3) is 0.406. The molecule has 1 fully saturated rings.